The van der Waals surface area contributed by atoms with Crippen molar-refractivity contribution in [2.75, 3.05) is 67.7 Å². The van der Waals surface area contributed by atoms with Gasteiger partial charge in [-0.1, -0.05) is 12.1 Å². The van der Waals surface area contributed by atoms with E-state index in [9.17, 15) is 17.6 Å². The summed E-state index contributed by atoms with van der Waals surface area (Å²) >= 11 is 0. The Morgan fingerprint density at radius 3 is 2.59 bits per heavy atom. The van der Waals surface area contributed by atoms with Crippen LogP contribution in [0.4, 0.5) is 15.9 Å². The van der Waals surface area contributed by atoms with Crippen molar-refractivity contribution in [3.8, 4) is 0 Å². The number of hydrogen-bond donors (Lipinski definition) is 0. The number of hydrogen-bond acceptors (Lipinski definition) is 8. The van der Waals surface area contributed by atoms with Crippen LogP contribution in [0, 0.1) is 12.7 Å². The number of fused-ring (bicyclic) bond motifs is 1. The van der Waals surface area contributed by atoms with Crippen LogP contribution in [0.2, 0.25) is 0 Å². The Morgan fingerprint density at radius 2 is 1.86 bits per heavy atom. The number of morpholine rings is 1. The van der Waals surface area contributed by atoms with Crippen LogP contribution in [0.3, 0.4) is 0 Å². The average Bonchev–Trinajstić information content (AvgIpc) is 2.90. The highest BCUT2D eigenvalue weighted by atomic mass is 32.2. The second-order valence-electron chi connectivity index (χ2n) is 9.51. The minimum absolute atomic E-state index is 0.0410. The number of rotatable bonds is 5. The molecule has 37 heavy (non-hydrogen) atoms. The molecular formula is C26H30FN5O4S. The van der Waals surface area contributed by atoms with E-state index in [2.05, 4.69) is 9.88 Å². The number of amides is 1. The molecule has 11 heteroatoms. The molecule has 3 heterocycles. The Bertz CT molecular complexity index is 1430. The lowest BCUT2D eigenvalue weighted by Crippen LogP contribution is -2.43. The molecular weight excluding hydrogens is 497 g/mol. The maximum Gasteiger partial charge on any atom is 0.254 e. The molecule has 0 unspecified atom stereocenters. The van der Waals surface area contributed by atoms with Crippen molar-refractivity contribution in [3.63, 3.8) is 0 Å². The van der Waals surface area contributed by atoms with Crippen LogP contribution >= 0.6 is 0 Å². The number of sulfone groups is 1. The van der Waals surface area contributed by atoms with Gasteiger partial charge in [-0.25, -0.2) is 17.8 Å². The van der Waals surface area contributed by atoms with Gasteiger partial charge in [-0.3, -0.25) is 9.78 Å². The monoisotopic (exact) mass is 527 g/mol. The first-order valence-corrected chi connectivity index (χ1v) is 14.1. The van der Waals surface area contributed by atoms with Gasteiger partial charge in [0, 0.05) is 45.3 Å². The number of aromatic nitrogens is 2. The summed E-state index contributed by atoms with van der Waals surface area (Å²) in [6, 6.07) is 8.49. The minimum atomic E-state index is -3.11. The highest BCUT2D eigenvalue weighted by Gasteiger charge is 2.27. The van der Waals surface area contributed by atoms with E-state index in [-0.39, 0.29) is 36.3 Å². The summed E-state index contributed by atoms with van der Waals surface area (Å²) in [4.78, 5) is 28.6. The molecule has 9 nitrogen and oxygen atoms in total. The molecule has 2 aromatic carbocycles. The molecule has 1 amide bonds. The predicted molar refractivity (Wildman–Crippen MR) is 140 cm³/mol. The number of carbonyl (C=O) groups excluding carboxylic acids is 1. The Balaban J connectivity index is 1.54. The Kier molecular flexibility index (Phi) is 7.00. The largest absolute Gasteiger partial charge is 0.378 e. The Hall–Kier alpha value is -3.31. The summed E-state index contributed by atoms with van der Waals surface area (Å²) in [5.74, 6) is 0.135. The third-order valence-electron chi connectivity index (χ3n) is 7.03. The molecule has 1 aromatic heterocycles. The molecule has 0 saturated carbocycles. The van der Waals surface area contributed by atoms with Gasteiger partial charge in [0.15, 0.2) is 9.84 Å². The molecule has 2 saturated heterocycles. The zero-order valence-corrected chi connectivity index (χ0v) is 21.8. The van der Waals surface area contributed by atoms with Crippen molar-refractivity contribution in [2.45, 2.75) is 13.5 Å². The van der Waals surface area contributed by atoms with E-state index in [1.807, 2.05) is 18.0 Å². The highest BCUT2D eigenvalue weighted by molar-refractivity contribution is 7.91. The maximum absolute atomic E-state index is 14.2. The van der Waals surface area contributed by atoms with Crippen molar-refractivity contribution >= 4 is 38.3 Å². The van der Waals surface area contributed by atoms with Crippen LogP contribution in [0.5, 0.6) is 0 Å². The van der Waals surface area contributed by atoms with E-state index in [0.717, 1.165) is 11.4 Å². The molecule has 3 aromatic rings. The van der Waals surface area contributed by atoms with E-state index in [1.165, 1.54) is 6.07 Å². The fourth-order valence-electron chi connectivity index (χ4n) is 4.71. The zero-order chi connectivity index (χ0) is 26.2. The SMILES string of the molecule is Cc1c(F)cccc1CN(C)c1cc(C(=O)N2CCS(=O)(=O)CC2)cc2ncc(N3CCOCC3)nc12. The normalized spacial score (nSPS) is 17.7. The molecule has 0 atom stereocenters. The van der Waals surface area contributed by atoms with E-state index < -0.39 is 9.84 Å². The standard InChI is InChI=1S/C26H30FN5O4S/c1-18-19(4-3-5-21(18)27)17-30(2)23-15-20(26(33)32-8-12-37(34,35)13-9-32)14-22-25(23)29-24(16-28-22)31-6-10-36-11-7-31/h3-5,14-16H,6-13,17H2,1-2H3. The zero-order valence-electron chi connectivity index (χ0n) is 21.0. The molecule has 0 spiro atoms. The number of nitrogens with zero attached hydrogens (tertiary/aromatic N) is 5. The van der Waals surface area contributed by atoms with Crippen LogP contribution in [-0.4, -0.2) is 87.1 Å². The molecule has 5 rings (SSSR count). The fraction of sp³-hybridized carbons (Fsp3) is 0.423. The van der Waals surface area contributed by atoms with Gasteiger partial charge in [-0.15, -0.1) is 0 Å². The molecule has 0 bridgehead atoms. The van der Waals surface area contributed by atoms with Gasteiger partial charge in [0.05, 0.1) is 42.1 Å². The van der Waals surface area contributed by atoms with Crippen LogP contribution in [-0.2, 0) is 21.1 Å². The second-order valence-corrected chi connectivity index (χ2v) is 11.8. The van der Waals surface area contributed by atoms with Gasteiger partial charge in [0.2, 0.25) is 0 Å². The number of halogens is 1. The van der Waals surface area contributed by atoms with Gasteiger partial charge < -0.3 is 19.4 Å². The van der Waals surface area contributed by atoms with E-state index in [0.29, 0.717) is 60.7 Å². The van der Waals surface area contributed by atoms with E-state index in [4.69, 9.17) is 9.72 Å². The van der Waals surface area contributed by atoms with Crippen LogP contribution in [0.1, 0.15) is 21.5 Å². The molecule has 0 aliphatic carbocycles. The average molecular weight is 528 g/mol. The van der Waals surface area contributed by atoms with Crippen molar-refractivity contribution < 1.29 is 22.3 Å². The lowest BCUT2D eigenvalue weighted by atomic mass is 10.1. The summed E-state index contributed by atoms with van der Waals surface area (Å²) in [5.41, 5.74) is 3.70. The van der Waals surface area contributed by atoms with Crippen molar-refractivity contribution in [1.29, 1.82) is 0 Å². The van der Waals surface area contributed by atoms with Crippen LogP contribution in [0.25, 0.3) is 11.0 Å². The van der Waals surface area contributed by atoms with Crippen molar-refractivity contribution in [3.05, 3.63) is 59.0 Å². The third-order valence-corrected chi connectivity index (χ3v) is 8.64. The van der Waals surface area contributed by atoms with Gasteiger partial charge in [-0.05, 0) is 36.2 Å². The van der Waals surface area contributed by atoms with Crippen molar-refractivity contribution in [1.82, 2.24) is 14.9 Å². The summed E-state index contributed by atoms with van der Waals surface area (Å²) in [6.45, 7) is 5.13. The first-order chi connectivity index (χ1) is 17.7. The highest BCUT2D eigenvalue weighted by Crippen LogP contribution is 2.30. The molecule has 0 N–H and O–H groups in total. The van der Waals surface area contributed by atoms with Crippen LogP contribution in [0.15, 0.2) is 36.5 Å². The molecule has 2 fully saturated rings. The Morgan fingerprint density at radius 1 is 1.14 bits per heavy atom. The molecule has 2 aliphatic rings. The Labute approximate surface area is 215 Å². The predicted octanol–water partition coefficient (Wildman–Crippen LogP) is 2.42. The van der Waals surface area contributed by atoms with E-state index in [1.54, 1.807) is 36.2 Å². The summed E-state index contributed by atoms with van der Waals surface area (Å²) < 4.78 is 43.4. The van der Waals surface area contributed by atoms with E-state index >= 15 is 0 Å². The molecule has 2 aliphatic heterocycles. The second kappa shape index (κ2) is 10.2. The maximum atomic E-state index is 14.2. The quantitative estimate of drug-likeness (QED) is 0.499. The fourth-order valence-corrected chi connectivity index (χ4v) is 5.91. The molecule has 0 radical (unpaired) electrons. The lowest BCUT2D eigenvalue weighted by Gasteiger charge is -2.29. The van der Waals surface area contributed by atoms with Gasteiger partial charge in [0.25, 0.3) is 5.91 Å². The first-order valence-electron chi connectivity index (χ1n) is 12.3. The van der Waals surface area contributed by atoms with Gasteiger partial charge >= 0.3 is 0 Å². The number of benzene rings is 2. The van der Waals surface area contributed by atoms with Crippen LogP contribution < -0.4 is 9.80 Å². The van der Waals surface area contributed by atoms with Gasteiger partial charge in [-0.2, -0.15) is 0 Å². The summed E-state index contributed by atoms with van der Waals surface area (Å²) in [5, 5.41) is 0. The smallest absolute Gasteiger partial charge is 0.254 e. The number of anilines is 2. The first kappa shape index (κ1) is 25.3. The molecule has 196 valence electrons. The van der Waals surface area contributed by atoms with Crippen molar-refractivity contribution in [2.24, 2.45) is 0 Å². The summed E-state index contributed by atoms with van der Waals surface area (Å²) in [7, 11) is -1.24. The third kappa shape index (κ3) is 5.37. The topological polar surface area (TPSA) is 95.9 Å². The van der Waals surface area contributed by atoms with Gasteiger partial charge in [0.1, 0.15) is 17.2 Å². The number of ether oxygens (including phenoxy) is 1. The minimum Gasteiger partial charge on any atom is -0.378 e. The number of carbonyl (C=O) groups is 1. The summed E-state index contributed by atoms with van der Waals surface area (Å²) in [6.07, 6.45) is 1.70. The lowest BCUT2D eigenvalue weighted by molar-refractivity contribution is 0.0770.